The van der Waals surface area contributed by atoms with Crippen LogP contribution in [0.3, 0.4) is 0 Å². The number of rotatable bonds is 11. The van der Waals surface area contributed by atoms with Gasteiger partial charge >= 0.3 is 0 Å². The average Bonchev–Trinajstić information content (AvgIpc) is 3.51. The number of carbonyl (C=O) groups is 1. The summed E-state index contributed by atoms with van der Waals surface area (Å²) < 4.78 is 21.1. The van der Waals surface area contributed by atoms with Gasteiger partial charge in [-0.2, -0.15) is 0 Å². The maximum absolute atomic E-state index is 13.5. The number of carbonyl (C=O) groups excluding carboxylic acids is 1. The highest BCUT2D eigenvalue weighted by Crippen LogP contribution is 2.25. The van der Waals surface area contributed by atoms with Crippen LogP contribution < -0.4 is 15.6 Å². The number of nitrogens with one attached hydrogen (secondary N) is 2. The Hall–Kier alpha value is -3.23. The molecule has 1 aliphatic rings. The summed E-state index contributed by atoms with van der Waals surface area (Å²) in [5, 5.41) is 0. The Bertz CT molecular complexity index is 1100. The summed E-state index contributed by atoms with van der Waals surface area (Å²) in [5.41, 5.74) is 8.25. The van der Waals surface area contributed by atoms with Crippen LogP contribution in [0.15, 0.2) is 60.9 Å². The van der Waals surface area contributed by atoms with E-state index in [9.17, 15) is 9.18 Å². The first-order valence-electron chi connectivity index (χ1n) is 12.2. The summed E-state index contributed by atoms with van der Waals surface area (Å²) in [6, 6.07) is 14.6. The molecule has 186 valence electrons. The van der Waals surface area contributed by atoms with Gasteiger partial charge in [-0.05, 0) is 61.2 Å². The molecule has 0 saturated carbocycles. The molecule has 0 spiro atoms. The van der Waals surface area contributed by atoms with Crippen molar-refractivity contribution in [3.63, 3.8) is 0 Å². The fraction of sp³-hybridized carbons (Fsp3) is 0.407. The van der Waals surface area contributed by atoms with E-state index in [0.29, 0.717) is 24.0 Å². The molecule has 8 heteroatoms. The number of hydrogen-bond donors (Lipinski definition) is 2. The first-order chi connectivity index (χ1) is 17.0. The topological polar surface area (TPSA) is 71.4 Å². The lowest BCUT2D eigenvalue weighted by Crippen LogP contribution is -2.30. The van der Waals surface area contributed by atoms with Gasteiger partial charge in [-0.25, -0.2) is 9.37 Å². The van der Waals surface area contributed by atoms with Crippen molar-refractivity contribution in [1.82, 2.24) is 25.3 Å². The summed E-state index contributed by atoms with van der Waals surface area (Å²) in [5.74, 6) is 1.37. The SMILES string of the molecule is CN(CCCCCC1CC(c2cccc(F)c2)NN1)C(=O)c1ccc(OCc2nccn2C)cc1. The molecule has 1 saturated heterocycles. The summed E-state index contributed by atoms with van der Waals surface area (Å²) >= 11 is 0. The van der Waals surface area contributed by atoms with Gasteiger partial charge in [-0.1, -0.05) is 25.0 Å². The lowest BCUT2D eigenvalue weighted by molar-refractivity contribution is 0.0792. The quantitative estimate of drug-likeness (QED) is 0.400. The van der Waals surface area contributed by atoms with Crippen LogP contribution in [0, 0.1) is 5.82 Å². The van der Waals surface area contributed by atoms with E-state index in [1.54, 1.807) is 35.4 Å². The highest BCUT2D eigenvalue weighted by Gasteiger charge is 2.24. The number of ether oxygens (including phenoxy) is 1. The summed E-state index contributed by atoms with van der Waals surface area (Å²) in [6.07, 6.45) is 8.72. The van der Waals surface area contributed by atoms with Crippen molar-refractivity contribution < 1.29 is 13.9 Å². The van der Waals surface area contributed by atoms with Crippen LogP contribution in [0.25, 0.3) is 0 Å². The van der Waals surface area contributed by atoms with Gasteiger partial charge in [0, 0.05) is 50.7 Å². The number of amides is 1. The Kier molecular flexibility index (Phi) is 8.50. The molecule has 0 aliphatic carbocycles. The zero-order chi connectivity index (χ0) is 24.6. The maximum Gasteiger partial charge on any atom is 0.253 e. The van der Waals surface area contributed by atoms with Crippen LogP contribution in [0.4, 0.5) is 4.39 Å². The molecular formula is C27H34FN5O2. The van der Waals surface area contributed by atoms with E-state index < -0.39 is 0 Å². The van der Waals surface area contributed by atoms with E-state index in [1.807, 2.05) is 43.1 Å². The predicted octanol–water partition coefficient (Wildman–Crippen LogP) is 4.38. The van der Waals surface area contributed by atoms with Gasteiger partial charge in [0.25, 0.3) is 5.91 Å². The Morgan fingerprint density at radius 3 is 2.74 bits per heavy atom. The third-order valence-corrected chi connectivity index (χ3v) is 6.52. The molecule has 2 aromatic carbocycles. The van der Waals surface area contributed by atoms with Crippen LogP contribution in [-0.2, 0) is 13.7 Å². The Balaban J connectivity index is 1.12. The van der Waals surface area contributed by atoms with Crippen LogP contribution in [-0.4, -0.2) is 40.0 Å². The van der Waals surface area contributed by atoms with Crippen molar-refractivity contribution in [3.8, 4) is 5.75 Å². The van der Waals surface area contributed by atoms with E-state index in [2.05, 4.69) is 15.8 Å². The standard InChI is InChI=1S/C27H34FN5O2/c1-32-16-14-29-26(32)19-35-24-12-10-20(11-13-24)27(34)33(2)15-5-3-4-9-23-18-25(31-30-23)21-7-6-8-22(28)17-21/h6-8,10-14,16-17,23,25,30-31H,3-5,9,15,18-19H2,1-2H3. The molecule has 2 heterocycles. The Labute approximate surface area is 206 Å². The zero-order valence-electron chi connectivity index (χ0n) is 20.4. The van der Waals surface area contributed by atoms with Gasteiger partial charge in [0.1, 0.15) is 24.0 Å². The minimum Gasteiger partial charge on any atom is -0.486 e. The molecule has 1 amide bonds. The van der Waals surface area contributed by atoms with Crippen molar-refractivity contribution in [1.29, 1.82) is 0 Å². The van der Waals surface area contributed by atoms with Gasteiger partial charge in [-0.3, -0.25) is 15.6 Å². The normalized spacial score (nSPS) is 17.5. The molecule has 35 heavy (non-hydrogen) atoms. The van der Waals surface area contributed by atoms with Crippen molar-refractivity contribution in [2.24, 2.45) is 7.05 Å². The Morgan fingerprint density at radius 1 is 1.17 bits per heavy atom. The molecule has 2 unspecified atom stereocenters. The van der Waals surface area contributed by atoms with Gasteiger partial charge in [-0.15, -0.1) is 0 Å². The number of hydrazine groups is 1. The molecule has 7 nitrogen and oxygen atoms in total. The van der Waals surface area contributed by atoms with Crippen molar-refractivity contribution in [3.05, 3.63) is 83.7 Å². The lowest BCUT2D eigenvalue weighted by Gasteiger charge is -2.17. The van der Waals surface area contributed by atoms with Crippen LogP contribution in [0.5, 0.6) is 5.75 Å². The van der Waals surface area contributed by atoms with E-state index in [0.717, 1.165) is 50.0 Å². The largest absolute Gasteiger partial charge is 0.486 e. The molecule has 4 rings (SSSR count). The average molecular weight is 480 g/mol. The number of hydrogen-bond acceptors (Lipinski definition) is 5. The second kappa shape index (κ2) is 12.0. The third kappa shape index (κ3) is 6.90. The molecule has 2 atom stereocenters. The minimum atomic E-state index is -0.198. The number of aryl methyl sites for hydroxylation is 1. The number of nitrogens with zero attached hydrogens (tertiary/aromatic N) is 3. The number of unbranched alkanes of at least 4 members (excludes halogenated alkanes) is 2. The minimum absolute atomic E-state index is 0.0141. The molecule has 1 aliphatic heterocycles. The first-order valence-corrected chi connectivity index (χ1v) is 12.2. The summed E-state index contributed by atoms with van der Waals surface area (Å²) in [6.45, 7) is 1.10. The van der Waals surface area contributed by atoms with E-state index in [1.165, 1.54) is 6.07 Å². The van der Waals surface area contributed by atoms with Crippen LogP contribution in [0.1, 0.15) is 59.9 Å². The van der Waals surface area contributed by atoms with Crippen molar-refractivity contribution in [2.45, 2.75) is 50.8 Å². The monoisotopic (exact) mass is 479 g/mol. The Morgan fingerprint density at radius 2 is 2.00 bits per heavy atom. The number of benzene rings is 2. The molecule has 2 N–H and O–H groups in total. The fourth-order valence-corrected chi connectivity index (χ4v) is 4.37. The maximum atomic E-state index is 13.5. The van der Waals surface area contributed by atoms with Gasteiger partial charge in [0.15, 0.2) is 0 Å². The van der Waals surface area contributed by atoms with Crippen molar-refractivity contribution >= 4 is 5.91 Å². The number of halogens is 1. The second-order valence-electron chi connectivity index (χ2n) is 9.17. The third-order valence-electron chi connectivity index (χ3n) is 6.52. The van der Waals surface area contributed by atoms with E-state index in [4.69, 9.17) is 4.74 Å². The highest BCUT2D eigenvalue weighted by molar-refractivity contribution is 5.94. The van der Waals surface area contributed by atoms with Crippen LogP contribution >= 0.6 is 0 Å². The fourth-order valence-electron chi connectivity index (χ4n) is 4.37. The summed E-state index contributed by atoms with van der Waals surface area (Å²) in [4.78, 5) is 18.8. The molecule has 0 radical (unpaired) electrons. The molecule has 1 aromatic heterocycles. The number of aromatic nitrogens is 2. The lowest BCUT2D eigenvalue weighted by atomic mass is 9.99. The van der Waals surface area contributed by atoms with E-state index >= 15 is 0 Å². The molecule has 0 bridgehead atoms. The molecule has 1 fully saturated rings. The smallest absolute Gasteiger partial charge is 0.253 e. The molecular weight excluding hydrogens is 445 g/mol. The molecule has 3 aromatic rings. The first kappa shape index (κ1) is 24.9. The zero-order valence-corrected chi connectivity index (χ0v) is 20.4. The predicted molar refractivity (Wildman–Crippen MR) is 133 cm³/mol. The van der Waals surface area contributed by atoms with Crippen molar-refractivity contribution in [2.75, 3.05) is 13.6 Å². The van der Waals surface area contributed by atoms with Gasteiger partial charge < -0.3 is 14.2 Å². The summed E-state index contributed by atoms with van der Waals surface area (Å²) in [7, 11) is 3.77. The second-order valence-corrected chi connectivity index (χ2v) is 9.17. The van der Waals surface area contributed by atoms with Crippen LogP contribution in [0.2, 0.25) is 0 Å². The highest BCUT2D eigenvalue weighted by atomic mass is 19.1. The number of imidazole rings is 1. The van der Waals surface area contributed by atoms with E-state index in [-0.39, 0.29) is 17.8 Å². The van der Waals surface area contributed by atoms with Gasteiger partial charge in [0.2, 0.25) is 0 Å². The van der Waals surface area contributed by atoms with Gasteiger partial charge in [0.05, 0.1) is 0 Å².